The van der Waals surface area contributed by atoms with Crippen LogP contribution in [0.2, 0.25) is 0 Å². The molecule has 7 nitrogen and oxygen atoms in total. The summed E-state index contributed by atoms with van der Waals surface area (Å²) in [6.45, 7) is 4.36. The minimum Gasteiger partial charge on any atom is -0.454 e. The summed E-state index contributed by atoms with van der Waals surface area (Å²) in [4.78, 5) is 25.2. The second kappa shape index (κ2) is 8.55. The van der Waals surface area contributed by atoms with E-state index in [1.165, 1.54) is 0 Å². The first-order valence-electron chi connectivity index (χ1n) is 10.00. The molecule has 2 heterocycles. The molecule has 0 fully saturated rings. The van der Waals surface area contributed by atoms with Crippen LogP contribution in [-0.2, 0) is 11.3 Å². The number of esters is 1. The van der Waals surface area contributed by atoms with E-state index in [9.17, 15) is 9.59 Å². The van der Waals surface area contributed by atoms with Gasteiger partial charge in [-0.15, -0.1) is 0 Å². The van der Waals surface area contributed by atoms with Gasteiger partial charge < -0.3 is 24.1 Å². The van der Waals surface area contributed by atoms with E-state index < -0.39 is 5.97 Å². The Morgan fingerprint density at radius 1 is 1.03 bits per heavy atom. The maximum atomic E-state index is 12.8. The van der Waals surface area contributed by atoms with Crippen molar-refractivity contribution in [2.24, 2.45) is 0 Å². The van der Waals surface area contributed by atoms with E-state index >= 15 is 0 Å². The summed E-state index contributed by atoms with van der Waals surface area (Å²) >= 11 is 0. The van der Waals surface area contributed by atoms with Gasteiger partial charge in [-0.05, 0) is 49.7 Å². The van der Waals surface area contributed by atoms with Crippen molar-refractivity contribution in [1.82, 2.24) is 4.57 Å². The zero-order chi connectivity index (χ0) is 22.0. The van der Waals surface area contributed by atoms with Crippen LogP contribution in [0.1, 0.15) is 37.7 Å². The number of anilines is 1. The zero-order valence-corrected chi connectivity index (χ0v) is 17.7. The molecule has 160 valence electrons. The second-order valence-corrected chi connectivity index (χ2v) is 7.35. The van der Waals surface area contributed by atoms with Crippen molar-refractivity contribution in [3.63, 3.8) is 0 Å². The molecule has 1 N–H and O–H groups in total. The van der Waals surface area contributed by atoms with Gasteiger partial charge in [-0.2, -0.15) is 0 Å². The number of carbonyl (C=O) groups is 2. The number of ketones is 1. The lowest BCUT2D eigenvalue weighted by Crippen LogP contribution is -2.16. The van der Waals surface area contributed by atoms with Crippen molar-refractivity contribution in [2.75, 3.05) is 25.8 Å². The lowest BCUT2D eigenvalue weighted by molar-refractivity contribution is 0.0475. The van der Waals surface area contributed by atoms with Gasteiger partial charge in [0.1, 0.15) is 0 Å². The molecule has 3 aromatic rings. The van der Waals surface area contributed by atoms with Crippen LogP contribution in [0.3, 0.4) is 0 Å². The summed E-state index contributed by atoms with van der Waals surface area (Å²) < 4.78 is 18.2. The highest BCUT2D eigenvalue weighted by Crippen LogP contribution is 2.33. The number of fused-ring (bicyclic) bond motifs is 1. The number of carbonyl (C=O) groups excluding carboxylic acids is 2. The predicted molar refractivity (Wildman–Crippen MR) is 116 cm³/mol. The third-order valence-corrected chi connectivity index (χ3v) is 5.40. The zero-order valence-electron chi connectivity index (χ0n) is 17.7. The largest absolute Gasteiger partial charge is 0.454 e. The van der Waals surface area contributed by atoms with Gasteiger partial charge in [0.25, 0.3) is 0 Å². The number of nitrogens with zero attached hydrogens (tertiary/aromatic N) is 1. The number of Topliss-reactive ketones (excluding diaryl/α,β-unsaturated/α-hetero) is 1. The van der Waals surface area contributed by atoms with Crippen LogP contribution in [0, 0.1) is 13.8 Å². The van der Waals surface area contributed by atoms with Crippen LogP contribution in [0.25, 0.3) is 0 Å². The lowest BCUT2D eigenvalue weighted by Gasteiger charge is -2.11. The topological polar surface area (TPSA) is 78.8 Å². The second-order valence-electron chi connectivity index (χ2n) is 7.35. The molecule has 2 aromatic carbocycles. The quantitative estimate of drug-likeness (QED) is 0.460. The molecule has 0 amide bonds. The number of hydrogen-bond donors (Lipinski definition) is 1. The fourth-order valence-corrected chi connectivity index (χ4v) is 3.71. The number of nitrogens with one attached hydrogen (secondary N) is 1. The summed E-state index contributed by atoms with van der Waals surface area (Å²) in [6, 6.07) is 14.7. The molecule has 1 aliphatic rings. The summed E-state index contributed by atoms with van der Waals surface area (Å²) in [5, 5.41) is 2.95. The third kappa shape index (κ3) is 4.12. The van der Waals surface area contributed by atoms with Crippen molar-refractivity contribution in [3.8, 4) is 11.5 Å². The molecule has 0 unspecified atom stereocenters. The van der Waals surface area contributed by atoms with Crippen molar-refractivity contribution in [3.05, 3.63) is 76.6 Å². The van der Waals surface area contributed by atoms with Gasteiger partial charge in [0, 0.05) is 36.2 Å². The average molecular weight is 420 g/mol. The van der Waals surface area contributed by atoms with Crippen LogP contribution in [0.15, 0.2) is 48.5 Å². The van der Waals surface area contributed by atoms with Crippen molar-refractivity contribution >= 4 is 17.4 Å². The fourth-order valence-electron chi connectivity index (χ4n) is 3.71. The highest BCUT2D eigenvalue weighted by Gasteiger charge is 2.20. The van der Waals surface area contributed by atoms with Gasteiger partial charge in [0.05, 0.1) is 5.56 Å². The Bertz CT molecular complexity index is 1150. The van der Waals surface area contributed by atoms with Crippen LogP contribution in [0.5, 0.6) is 11.5 Å². The third-order valence-electron chi connectivity index (χ3n) is 5.40. The van der Waals surface area contributed by atoms with Gasteiger partial charge in [-0.25, -0.2) is 4.79 Å². The Balaban J connectivity index is 1.46. The Hall–Kier alpha value is -3.74. The van der Waals surface area contributed by atoms with Crippen LogP contribution < -0.4 is 14.8 Å². The molecule has 7 heteroatoms. The molecule has 4 rings (SSSR count). The van der Waals surface area contributed by atoms with E-state index in [-0.39, 0.29) is 19.2 Å². The predicted octanol–water partition coefficient (Wildman–Crippen LogP) is 3.96. The van der Waals surface area contributed by atoms with Crippen molar-refractivity contribution in [2.45, 2.75) is 20.4 Å². The number of aryl methyl sites for hydroxylation is 1. The average Bonchev–Trinajstić information content (AvgIpc) is 3.36. The Labute approximate surface area is 180 Å². The van der Waals surface area contributed by atoms with Gasteiger partial charge in [0.2, 0.25) is 12.6 Å². The molecule has 0 spiro atoms. The number of rotatable bonds is 7. The highest BCUT2D eigenvalue weighted by atomic mass is 16.7. The van der Waals surface area contributed by atoms with Crippen LogP contribution >= 0.6 is 0 Å². The molecule has 0 radical (unpaired) electrons. The Morgan fingerprint density at radius 3 is 2.61 bits per heavy atom. The molecule has 0 aliphatic carbocycles. The first kappa shape index (κ1) is 20.5. The molecule has 1 aromatic heterocycles. The summed E-state index contributed by atoms with van der Waals surface area (Å²) in [5.41, 5.74) is 4.42. The Kier molecular flexibility index (Phi) is 5.66. The first-order valence-corrected chi connectivity index (χ1v) is 10.00. The van der Waals surface area contributed by atoms with Crippen molar-refractivity contribution < 1.29 is 23.8 Å². The lowest BCUT2D eigenvalue weighted by atomic mass is 10.1. The molecule has 0 saturated carbocycles. The van der Waals surface area contributed by atoms with E-state index in [0.717, 1.165) is 28.5 Å². The molecule has 0 atom stereocenters. The Morgan fingerprint density at radius 2 is 1.81 bits per heavy atom. The van der Waals surface area contributed by atoms with E-state index in [0.29, 0.717) is 23.4 Å². The standard InChI is InChI=1S/C24H24N2O5/c1-15-10-19(21(27)13-29-24(28)18-6-4-5-7-20(18)25-3)16(2)26(15)12-17-8-9-22-23(11-17)31-14-30-22/h4-11,25H,12-14H2,1-3H3. The molecule has 0 bridgehead atoms. The fraction of sp³-hybridized carbons (Fsp3) is 0.250. The van der Waals surface area contributed by atoms with E-state index in [2.05, 4.69) is 9.88 Å². The number of para-hydroxylation sites is 1. The maximum Gasteiger partial charge on any atom is 0.340 e. The van der Waals surface area contributed by atoms with Gasteiger partial charge in [0.15, 0.2) is 18.1 Å². The number of hydrogen-bond acceptors (Lipinski definition) is 6. The van der Waals surface area contributed by atoms with Crippen LogP contribution in [-0.4, -0.2) is 36.8 Å². The van der Waals surface area contributed by atoms with Crippen molar-refractivity contribution in [1.29, 1.82) is 0 Å². The summed E-state index contributed by atoms with van der Waals surface area (Å²) in [7, 11) is 1.73. The van der Waals surface area contributed by atoms with Gasteiger partial charge >= 0.3 is 5.97 Å². The number of ether oxygens (including phenoxy) is 3. The number of benzene rings is 2. The molecule has 31 heavy (non-hydrogen) atoms. The van der Waals surface area contributed by atoms with Gasteiger partial charge in [-0.1, -0.05) is 18.2 Å². The molecule has 1 aliphatic heterocycles. The van der Waals surface area contributed by atoms with E-state index in [4.69, 9.17) is 14.2 Å². The normalized spacial score (nSPS) is 12.0. The summed E-state index contributed by atoms with van der Waals surface area (Å²) in [5.74, 6) is 0.694. The summed E-state index contributed by atoms with van der Waals surface area (Å²) in [6.07, 6.45) is 0. The minimum absolute atomic E-state index is 0.233. The van der Waals surface area contributed by atoms with Gasteiger partial charge in [-0.3, -0.25) is 4.79 Å². The molecule has 0 saturated heterocycles. The molecular formula is C24H24N2O5. The van der Waals surface area contributed by atoms with Crippen LogP contribution in [0.4, 0.5) is 5.69 Å². The SMILES string of the molecule is CNc1ccccc1C(=O)OCC(=O)c1cc(C)n(Cc2ccc3c(c2)OCO3)c1C. The smallest absolute Gasteiger partial charge is 0.340 e. The number of aromatic nitrogens is 1. The maximum absolute atomic E-state index is 12.8. The molecular weight excluding hydrogens is 396 g/mol. The monoisotopic (exact) mass is 420 g/mol. The van der Waals surface area contributed by atoms with E-state index in [1.54, 1.807) is 25.2 Å². The van der Waals surface area contributed by atoms with E-state index in [1.807, 2.05) is 44.2 Å². The minimum atomic E-state index is -0.535. The highest BCUT2D eigenvalue weighted by molar-refractivity contribution is 6.01. The first-order chi connectivity index (χ1) is 15.0.